The first-order valence-electron chi connectivity index (χ1n) is 9.78. The summed E-state index contributed by atoms with van der Waals surface area (Å²) in [5.41, 5.74) is 0.0862. The quantitative estimate of drug-likeness (QED) is 0.580. The van der Waals surface area contributed by atoms with Gasteiger partial charge in [0.15, 0.2) is 0 Å². The van der Waals surface area contributed by atoms with Gasteiger partial charge in [0.05, 0.1) is 11.2 Å². The van der Waals surface area contributed by atoms with Gasteiger partial charge in [-0.05, 0) is 57.4 Å². The summed E-state index contributed by atoms with van der Waals surface area (Å²) in [7, 11) is -0.557. The maximum Gasteiger partial charge on any atom is 0.494 e. The molecule has 0 saturated carbocycles. The Balaban J connectivity index is 1.76. The normalized spacial score (nSPS) is 17.8. The van der Waals surface area contributed by atoms with Crippen LogP contribution in [0.4, 0.5) is 14.5 Å². The molecule has 2 aromatic rings. The standard InChI is InChI=1S/C22H24BF2NO5/c1-13(27)29-19(14-10-16(24)12-17(25)11-14)20(28)26-18-8-6-15(7-9-18)23-30-21(2,3)22(4,5)31-23/h6-12,19H,1-5H3,(H,26,28). The number of amides is 1. The van der Waals surface area contributed by atoms with Gasteiger partial charge >= 0.3 is 13.1 Å². The summed E-state index contributed by atoms with van der Waals surface area (Å²) in [5.74, 6) is -3.28. The van der Waals surface area contributed by atoms with Crippen LogP contribution in [0, 0.1) is 11.6 Å². The Morgan fingerprint density at radius 2 is 1.48 bits per heavy atom. The van der Waals surface area contributed by atoms with Crippen molar-refractivity contribution in [2.75, 3.05) is 5.32 Å². The van der Waals surface area contributed by atoms with E-state index >= 15 is 0 Å². The Morgan fingerprint density at radius 3 is 1.97 bits per heavy atom. The lowest BCUT2D eigenvalue weighted by atomic mass is 9.79. The molecular formula is C22H24BF2NO5. The zero-order chi connectivity index (χ0) is 23.0. The van der Waals surface area contributed by atoms with E-state index in [1.165, 1.54) is 0 Å². The van der Waals surface area contributed by atoms with Crippen molar-refractivity contribution in [3.8, 4) is 0 Å². The number of anilines is 1. The molecule has 0 spiro atoms. The zero-order valence-corrected chi connectivity index (χ0v) is 18.0. The first-order valence-corrected chi connectivity index (χ1v) is 9.78. The molecule has 0 bridgehead atoms. The third-order valence-corrected chi connectivity index (χ3v) is 5.41. The Hall–Kier alpha value is -2.78. The number of esters is 1. The van der Waals surface area contributed by atoms with Crippen LogP contribution in [0.2, 0.25) is 0 Å². The highest BCUT2D eigenvalue weighted by Crippen LogP contribution is 2.36. The van der Waals surface area contributed by atoms with Gasteiger partial charge in [0, 0.05) is 24.2 Å². The molecule has 1 saturated heterocycles. The fraction of sp³-hybridized carbons (Fsp3) is 0.364. The highest BCUT2D eigenvalue weighted by Gasteiger charge is 2.51. The van der Waals surface area contributed by atoms with Gasteiger partial charge in [-0.2, -0.15) is 0 Å². The van der Waals surface area contributed by atoms with Crippen LogP contribution in [-0.4, -0.2) is 30.2 Å². The lowest BCUT2D eigenvalue weighted by Gasteiger charge is -2.32. The molecule has 1 aliphatic heterocycles. The first kappa shape index (κ1) is 22.9. The van der Waals surface area contributed by atoms with Crippen molar-refractivity contribution < 1.29 is 32.4 Å². The SMILES string of the molecule is CC(=O)OC(C(=O)Nc1ccc(B2OC(C)(C)C(C)(C)O2)cc1)c1cc(F)cc(F)c1. The summed E-state index contributed by atoms with van der Waals surface area (Å²) < 4.78 is 44.2. The fourth-order valence-electron chi connectivity index (χ4n) is 3.08. The van der Waals surface area contributed by atoms with Crippen molar-refractivity contribution in [1.82, 2.24) is 0 Å². The molecule has 1 N–H and O–H groups in total. The van der Waals surface area contributed by atoms with Crippen molar-refractivity contribution in [3.63, 3.8) is 0 Å². The average molecular weight is 431 g/mol. The van der Waals surface area contributed by atoms with Gasteiger partial charge in [-0.25, -0.2) is 8.78 Å². The van der Waals surface area contributed by atoms with E-state index in [2.05, 4.69) is 5.32 Å². The molecule has 2 aromatic carbocycles. The van der Waals surface area contributed by atoms with Crippen LogP contribution >= 0.6 is 0 Å². The second kappa shape index (κ2) is 8.40. The van der Waals surface area contributed by atoms with Crippen LogP contribution in [0.5, 0.6) is 0 Å². The Morgan fingerprint density at radius 1 is 0.968 bits per heavy atom. The second-order valence-corrected chi connectivity index (χ2v) is 8.39. The average Bonchev–Trinajstić information content (AvgIpc) is 2.86. The van der Waals surface area contributed by atoms with Crippen molar-refractivity contribution in [2.24, 2.45) is 0 Å². The number of carbonyl (C=O) groups excluding carboxylic acids is 2. The molecule has 31 heavy (non-hydrogen) atoms. The number of hydrogen-bond acceptors (Lipinski definition) is 5. The van der Waals surface area contributed by atoms with Crippen LogP contribution < -0.4 is 10.8 Å². The van der Waals surface area contributed by atoms with Gasteiger partial charge < -0.3 is 19.4 Å². The van der Waals surface area contributed by atoms with Gasteiger partial charge in [-0.1, -0.05) is 12.1 Å². The van der Waals surface area contributed by atoms with Gasteiger partial charge in [-0.15, -0.1) is 0 Å². The van der Waals surface area contributed by atoms with E-state index in [1.807, 2.05) is 27.7 Å². The molecule has 1 atom stereocenters. The van der Waals surface area contributed by atoms with E-state index < -0.39 is 47.9 Å². The predicted molar refractivity (Wildman–Crippen MR) is 112 cm³/mol. The number of rotatable bonds is 5. The third-order valence-electron chi connectivity index (χ3n) is 5.41. The second-order valence-electron chi connectivity index (χ2n) is 8.39. The van der Waals surface area contributed by atoms with Crippen molar-refractivity contribution in [1.29, 1.82) is 0 Å². The van der Waals surface area contributed by atoms with E-state index in [-0.39, 0.29) is 5.56 Å². The number of ether oxygens (including phenoxy) is 1. The third kappa shape index (κ3) is 5.11. The van der Waals surface area contributed by atoms with Crippen LogP contribution in [0.25, 0.3) is 0 Å². The topological polar surface area (TPSA) is 73.9 Å². The molecule has 0 aromatic heterocycles. The molecule has 6 nitrogen and oxygen atoms in total. The predicted octanol–water partition coefficient (Wildman–Crippen LogP) is 3.51. The first-order chi connectivity index (χ1) is 14.4. The minimum atomic E-state index is -1.51. The molecule has 3 rings (SSSR count). The molecule has 0 radical (unpaired) electrons. The summed E-state index contributed by atoms with van der Waals surface area (Å²) in [6.45, 7) is 8.91. The minimum Gasteiger partial charge on any atom is -0.447 e. The molecule has 0 aliphatic carbocycles. The molecule has 164 valence electrons. The molecule has 1 aliphatic rings. The zero-order valence-electron chi connectivity index (χ0n) is 18.0. The van der Waals surface area contributed by atoms with Crippen molar-refractivity contribution in [3.05, 3.63) is 59.7 Å². The van der Waals surface area contributed by atoms with Gasteiger partial charge in [0.2, 0.25) is 6.10 Å². The van der Waals surface area contributed by atoms with Gasteiger partial charge in [-0.3, -0.25) is 9.59 Å². The van der Waals surface area contributed by atoms with Crippen molar-refractivity contribution >= 4 is 30.1 Å². The Bertz CT molecular complexity index is 958. The van der Waals surface area contributed by atoms with E-state index in [0.717, 1.165) is 24.5 Å². The molecule has 1 unspecified atom stereocenters. The van der Waals surface area contributed by atoms with E-state index in [0.29, 0.717) is 11.8 Å². The Kier molecular flexibility index (Phi) is 6.20. The summed E-state index contributed by atoms with van der Waals surface area (Å²) >= 11 is 0. The highest BCUT2D eigenvalue weighted by molar-refractivity contribution is 6.62. The summed E-state index contributed by atoms with van der Waals surface area (Å²) in [5, 5.41) is 2.59. The van der Waals surface area contributed by atoms with Crippen LogP contribution in [-0.2, 0) is 23.6 Å². The maximum atomic E-state index is 13.6. The van der Waals surface area contributed by atoms with Gasteiger partial charge in [0.25, 0.3) is 5.91 Å². The van der Waals surface area contributed by atoms with Crippen LogP contribution in [0.3, 0.4) is 0 Å². The molecule has 1 fully saturated rings. The smallest absolute Gasteiger partial charge is 0.447 e. The van der Waals surface area contributed by atoms with E-state index in [9.17, 15) is 18.4 Å². The fourth-order valence-corrected chi connectivity index (χ4v) is 3.08. The largest absolute Gasteiger partial charge is 0.494 e. The molecule has 9 heteroatoms. The summed E-state index contributed by atoms with van der Waals surface area (Å²) in [4.78, 5) is 24.1. The minimum absolute atomic E-state index is 0.112. The summed E-state index contributed by atoms with van der Waals surface area (Å²) in [6, 6.07) is 9.29. The number of nitrogens with one attached hydrogen (secondary N) is 1. The maximum absolute atomic E-state index is 13.6. The number of carbonyl (C=O) groups is 2. The van der Waals surface area contributed by atoms with Crippen molar-refractivity contribution in [2.45, 2.75) is 51.9 Å². The van der Waals surface area contributed by atoms with E-state index in [1.54, 1.807) is 24.3 Å². The monoisotopic (exact) mass is 431 g/mol. The summed E-state index contributed by atoms with van der Waals surface area (Å²) in [6.07, 6.45) is -1.51. The van der Waals surface area contributed by atoms with E-state index in [4.69, 9.17) is 14.0 Å². The molecule has 1 heterocycles. The molecule has 1 amide bonds. The van der Waals surface area contributed by atoms with Gasteiger partial charge in [0.1, 0.15) is 11.6 Å². The number of benzene rings is 2. The highest BCUT2D eigenvalue weighted by atomic mass is 19.1. The lowest BCUT2D eigenvalue weighted by Crippen LogP contribution is -2.41. The lowest BCUT2D eigenvalue weighted by molar-refractivity contribution is -0.152. The Labute approximate surface area is 180 Å². The van der Waals surface area contributed by atoms with Crippen LogP contribution in [0.1, 0.15) is 46.3 Å². The number of halogens is 2. The molecular weight excluding hydrogens is 407 g/mol. The van der Waals surface area contributed by atoms with Crippen LogP contribution in [0.15, 0.2) is 42.5 Å². The number of hydrogen-bond donors (Lipinski definition) is 1.